The fourth-order valence-electron chi connectivity index (χ4n) is 1.93. The third kappa shape index (κ3) is 3.79. The van der Waals surface area contributed by atoms with E-state index >= 15 is 0 Å². The average Bonchev–Trinajstić information content (AvgIpc) is 2.79. The van der Waals surface area contributed by atoms with Crippen LogP contribution in [0.15, 0.2) is 22.1 Å². The van der Waals surface area contributed by atoms with Gasteiger partial charge >= 0.3 is 0 Å². The summed E-state index contributed by atoms with van der Waals surface area (Å²) >= 11 is 1.07. The molecule has 2 rings (SSSR count). The number of aromatic nitrogens is 1. The summed E-state index contributed by atoms with van der Waals surface area (Å²) in [6, 6.07) is 0. The van der Waals surface area contributed by atoms with Gasteiger partial charge in [-0.15, -0.1) is 0 Å². The van der Waals surface area contributed by atoms with E-state index < -0.39 is 10.0 Å². The summed E-state index contributed by atoms with van der Waals surface area (Å²) in [6.45, 7) is 0.781. The Bertz CT molecular complexity index is 534. The summed E-state index contributed by atoms with van der Waals surface area (Å²) in [5.41, 5.74) is 1.48. The largest absolute Gasteiger partial charge is 0.361 e. The Kier molecular flexibility index (Phi) is 4.36. The molecule has 1 aromatic rings. The first kappa shape index (κ1) is 13.5. The third-order valence-corrected chi connectivity index (χ3v) is 5.24. The number of nitrogens with zero attached hydrogens (tertiary/aromatic N) is 1. The molecule has 1 aliphatic carbocycles. The van der Waals surface area contributed by atoms with E-state index in [-0.39, 0.29) is 4.21 Å². The Balaban J connectivity index is 1.83. The maximum absolute atomic E-state index is 11.1. The van der Waals surface area contributed by atoms with Crippen LogP contribution in [0, 0.1) is 0 Å². The van der Waals surface area contributed by atoms with E-state index in [4.69, 9.17) is 5.14 Å². The lowest BCUT2D eigenvalue weighted by Crippen LogP contribution is -2.09. The molecule has 1 heterocycles. The van der Waals surface area contributed by atoms with Gasteiger partial charge < -0.3 is 5.32 Å². The predicted octanol–water partition coefficient (Wildman–Crippen LogP) is 2.09. The van der Waals surface area contributed by atoms with Gasteiger partial charge in [-0.1, -0.05) is 23.0 Å². The number of hydrogen-bond donors (Lipinski definition) is 2. The SMILES string of the molecule is NS(=O)(=O)c1cnc(NCCC2=CCCCC2)s1. The molecule has 0 saturated heterocycles. The molecule has 0 radical (unpaired) electrons. The van der Waals surface area contributed by atoms with Crippen molar-refractivity contribution in [1.82, 2.24) is 4.98 Å². The summed E-state index contributed by atoms with van der Waals surface area (Å²) in [7, 11) is -3.62. The fraction of sp³-hybridized carbons (Fsp3) is 0.545. The van der Waals surface area contributed by atoms with E-state index in [2.05, 4.69) is 16.4 Å². The molecule has 0 aliphatic heterocycles. The molecule has 0 atom stereocenters. The maximum atomic E-state index is 11.1. The molecule has 100 valence electrons. The van der Waals surface area contributed by atoms with Crippen LogP contribution in [0.4, 0.5) is 5.13 Å². The minimum atomic E-state index is -3.62. The van der Waals surface area contributed by atoms with Gasteiger partial charge in [0.1, 0.15) is 0 Å². The quantitative estimate of drug-likeness (QED) is 0.812. The first-order valence-corrected chi connectivity index (χ1v) is 8.32. The number of anilines is 1. The molecule has 0 spiro atoms. The highest BCUT2D eigenvalue weighted by molar-refractivity contribution is 7.91. The Morgan fingerprint density at radius 2 is 2.28 bits per heavy atom. The molecule has 1 aromatic heterocycles. The molecule has 0 saturated carbocycles. The molecule has 0 amide bonds. The van der Waals surface area contributed by atoms with Crippen LogP contribution < -0.4 is 10.5 Å². The van der Waals surface area contributed by atoms with Gasteiger partial charge in [0.05, 0.1) is 6.20 Å². The van der Waals surface area contributed by atoms with Gasteiger partial charge in [-0.25, -0.2) is 18.5 Å². The van der Waals surface area contributed by atoms with Gasteiger partial charge in [0, 0.05) is 6.54 Å². The van der Waals surface area contributed by atoms with Crippen molar-refractivity contribution in [3.05, 3.63) is 17.8 Å². The normalized spacial score (nSPS) is 16.4. The van der Waals surface area contributed by atoms with Crippen molar-refractivity contribution in [2.24, 2.45) is 5.14 Å². The van der Waals surface area contributed by atoms with Crippen LogP contribution in [0.25, 0.3) is 0 Å². The van der Waals surface area contributed by atoms with Crippen LogP contribution >= 0.6 is 11.3 Å². The van der Waals surface area contributed by atoms with Crippen molar-refractivity contribution in [2.75, 3.05) is 11.9 Å². The van der Waals surface area contributed by atoms with Gasteiger partial charge in [0.15, 0.2) is 9.34 Å². The summed E-state index contributed by atoms with van der Waals surface area (Å²) in [6.07, 6.45) is 9.53. The van der Waals surface area contributed by atoms with E-state index in [1.807, 2.05) is 0 Å². The van der Waals surface area contributed by atoms with Crippen LogP contribution in [-0.4, -0.2) is 19.9 Å². The van der Waals surface area contributed by atoms with Crippen molar-refractivity contribution in [1.29, 1.82) is 0 Å². The molecule has 0 unspecified atom stereocenters. The lowest BCUT2D eigenvalue weighted by molar-refractivity contribution is 0.599. The van der Waals surface area contributed by atoms with Gasteiger partial charge in [0.2, 0.25) is 10.0 Å². The lowest BCUT2D eigenvalue weighted by atomic mass is 9.97. The van der Waals surface area contributed by atoms with Crippen molar-refractivity contribution in [2.45, 2.75) is 36.3 Å². The zero-order chi connectivity index (χ0) is 13.0. The molecule has 3 N–H and O–H groups in total. The number of hydrogen-bond acceptors (Lipinski definition) is 5. The van der Waals surface area contributed by atoms with Gasteiger partial charge in [-0.05, 0) is 32.1 Å². The number of nitrogens with one attached hydrogen (secondary N) is 1. The Morgan fingerprint density at radius 1 is 1.44 bits per heavy atom. The average molecular weight is 287 g/mol. The van der Waals surface area contributed by atoms with Gasteiger partial charge in [-0.3, -0.25) is 0 Å². The highest BCUT2D eigenvalue weighted by Crippen LogP contribution is 2.23. The van der Waals surface area contributed by atoms with Crippen LogP contribution in [0.5, 0.6) is 0 Å². The van der Waals surface area contributed by atoms with Gasteiger partial charge in [0.25, 0.3) is 0 Å². The maximum Gasteiger partial charge on any atom is 0.249 e. The second-order valence-corrected chi connectivity index (χ2v) is 7.13. The number of nitrogens with two attached hydrogens (primary N) is 1. The second kappa shape index (κ2) is 5.81. The van der Waals surface area contributed by atoms with Gasteiger partial charge in [-0.2, -0.15) is 0 Å². The van der Waals surface area contributed by atoms with Crippen molar-refractivity contribution in [3.63, 3.8) is 0 Å². The van der Waals surface area contributed by atoms with Crippen molar-refractivity contribution in [3.8, 4) is 0 Å². The van der Waals surface area contributed by atoms with E-state index in [1.54, 1.807) is 0 Å². The second-order valence-electron chi connectivity index (χ2n) is 4.31. The Morgan fingerprint density at radius 3 is 2.89 bits per heavy atom. The zero-order valence-corrected chi connectivity index (χ0v) is 11.7. The summed E-state index contributed by atoms with van der Waals surface area (Å²) < 4.78 is 22.3. The molecule has 1 aliphatic rings. The first-order chi connectivity index (χ1) is 8.55. The van der Waals surface area contributed by atoms with Crippen LogP contribution in [0.3, 0.4) is 0 Å². The molecule has 5 nitrogen and oxygen atoms in total. The Labute approximate surface area is 111 Å². The molecular formula is C11H17N3O2S2. The standard InChI is InChI=1S/C11H17N3O2S2/c12-18(15,16)10-8-14-11(17-10)13-7-6-9-4-2-1-3-5-9/h4,8H,1-3,5-7H2,(H,13,14)(H2,12,15,16). The van der Waals surface area contributed by atoms with E-state index in [0.717, 1.165) is 24.3 Å². The molecule has 0 bridgehead atoms. The number of sulfonamides is 1. The number of allylic oxidation sites excluding steroid dienone is 1. The molecule has 18 heavy (non-hydrogen) atoms. The van der Waals surface area contributed by atoms with Crippen LogP contribution in [-0.2, 0) is 10.0 Å². The minimum Gasteiger partial charge on any atom is -0.361 e. The summed E-state index contributed by atoms with van der Waals surface area (Å²) in [5, 5.41) is 8.76. The number of thiazole rings is 1. The van der Waals surface area contributed by atoms with E-state index in [1.165, 1.54) is 37.5 Å². The highest BCUT2D eigenvalue weighted by Gasteiger charge is 2.12. The van der Waals surface area contributed by atoms with Crippen LogP contribution in [0.2, 0.25) is 0 Å². The first-order valence-electron chi connectivity index (χ1n) is 5.96. The highest BCUT2D eigenvalue weighted by atomic mass is 32.2. The summed E-state index contributed by atoms with van der Waals surface area (Å²) in [4.78, 5) is 3.99. The topological polar surface area (TPSA) is 85.1 Å². The van der Waals surface area contributed by atoms with E-state index in [9.17, 15) is 8.42 Å². The smallest absolute Gasteiger partial charge is 0.249 e. The molecule has 0 fully saturated rings. The fourth-order valence-corrected chi connectivity index (χ4v) is 3.41. The zero-order valence-electron chi connectivity index (χ0n) is 10.1. The Hall–Kier alpha value is -0.920. The van der Waals surface area contributed by atoms with Crippen LogP contribution in [0.1, 0.15) is 32.1 Å². The molecule has 7 heteroatoms. The lowest BCUT2D eigenvalue weighted by Gasteiger charge is -2.12. The number of primary sulfonamides is 1. The monoisotopic (exact) mass is 287 g/mol. The predicted molar refractivity (Wildman–Crippen MR) is 73.1 cm³/mol. The molecule has 0 aromatic carbocycles. The minimum absolute atomic E-state index is 0.0990. The van der Waals surface area contributed by atoms with E-state index in [0.29, 0.717) is 5.13 Å². The van der Waals surface area contributed by atoms with Crippen molar-refractivity contribution >= 4 is 26.5 Å². The number of rotatable bonds is 5. The molecular weight excluding hydrogens is 270 g/mol. The summed E-state index contributed by atoms with van der Waals surface area (Å²) in [5.74, 6) is 0. The third-order valence-electron chi connectivity index (χ3n) is 2.87. The van der Waals surface area contributed by atoms with Crippen molar-refractivity contribution < 1.29 is 8.42 Å².